The van der Waals surface area contributed by atoms with Crippen LogP contribution in [0.2, 0.25) is 0 Å². The topological polar surface area (TPSA) is 65.8 Å². The Morgan fingerprint density at radius 1 is 1.47 bits per heavy atom. The average Bonchev–Trinajstić information content (AvgIpc) is 2.89. The summed E-state index contributed by atoms with van der Waals surface area (Å²) in [6, 6.07) is 5.12. The van der Waals surface area contributed by atoms with Crippen molar-refractivity contribution >= 4 is 5.91 Å². The Kier molecular flexibility index (Phi) is 3.71. The van der Waals surface area contributed by atoms with E-state index < -0.39 is 0 Å². The van der Waals surface area contributed by atoms with Crippen molar-refractivity contribution < 1.29 is 4.79 Å². The highest BCUT2D eigenvalue weighted by Gasteiger charge is 2.16. The van der Waals surface area contributed by atoms with E-state index in [9.17, 15) is 4.79 Å². The Bertz CT molecular complexity index is 427. The van der Waals surface area contributed by atoms with Crippen molar-refractivity contribution in [3.05, 3.63) is 29.6 Å². The van der Waals surface area contributed by atoms with Gasteiger partial charge in [-0.2, -0.15) is 5.26 Å². The zero-order valence-corrected chi connectivity index (χ0v) is 9.65. The van der Waals surface area contributed by atoms with E-state index in [1.165, 1.54) is 31.9 Å². The number of nitrogens with one attached hydrogen (secondary N) is 1. The lowest BCUT2D eigenvalue weighted by atomic mass is 10.1. The first kappa shape index (κ1) is 11.6. The van der Waals surface area contributed by atoms with Crippen LogP contribution in [0.5, 0.6) is 0 Å². The van der Waals surface area contributed by atoms with E-state index in [1.54, 1.807) is 12.1 Å². The van der Waals surface area contributed by atoms with Crippen LogP contribution >= 0.6 is 0 Å². The monoisotopic (exact) mass is 229 g/mol. The fourth-order valence-corrected chi connectivity index (χ4v) is 2.15. The van der Waals surface area contributed by atoms with E-state index in [-0.39, 0.29) is 5.91 Å². The molecule has 4 nitrogen and oxygen atoms in total. The molecule has 0 aromatic carbocycles. The van der Waals surface area contributed by atoms with E-state index in [0.717, 1.165) is 6.54 Å². The molecular formula is C13H15N3O. The third kappa shape index (κ3) is 3.04. The first-order chi connectivity index (χ1) is 8.29. The predicted octanol–water partition coefficient (Wildman–Crippen LogP) is 1.87. The van der Waals surface area contributed by atoms with Crippen molar-refractivity contribution in [2.24, 2.45) is 5.92 Å². The van der Waals surface area contributed by atoms with Gasteiger partial charge in [0.25, 0.3) is 5.91 Å². The number of amides is 1. The predicted molar refractivity (Wildman–Crippen MR) is 63.2 cm³/mol. The molecule has 2 rings (SSSR count). The normalized spacial score (nSPS) is 15.5. The fraction of sp³-hybridized carbons (Fsp3) is 0.462. The van der Waals surface area contributed by atoms with Gasteiger partial charge < -0.3 is 5.32 Å². The minimum Gasteiger partial charge on any atom is -0.352 e. The van der Waals surface area contributed by atoms with Crippen LogP contribution in [-0.2, 0) is 0 Å². The largest absolute Gasteiger partial charge is 0.352 e. The van der Waals surface area contributed by atoms with E-state index in [0.29, 0.717) is 17.2 Å². The summed E-state index contributed by atoms with van der Waals surface area (Å²) in [7, 11) is 0. The zero-order valence-electron chi connectivity index (χ0n) is 9.65. The number of aromatic nitrogens is 1. The number of carbonyl (C=O) groups is 1. The minimum absolute atomic E-state index is 0.103. The number of nitrogens with zero attached hydrogens (tertiary/aromatic N) is 2. The molecule has 1 amide bonds. The van der Waals surface area contributed by atoms with Crippen LogP contribution in [0.1, 0.15) is 41.7 Å². The van der Waals surface area contributed by atoms with E-state index >= 15 is 0 Å². The third-order valence-electron chi connectivity index (χ3n) is 3.17. The molecule has 0 bridgehead atoms. The lowest BCUT2D eigenvalue weighted by Gasteiger charge is -2.10. The van der Waals surface area contributed by atoms with Gasteiger partial charge in [-0.1, -0.05) is 12.8 Å². The van der Waals surface area contributed by atoms with Gasteiger partial charge in [0.1, 0.15) is 11.8 Å². The number of carbonyl (C=O) groups excluding carboxylic acids is 1. The van der Waals surface area contributed by atoms with Gasteiger partial charge in [-0.3, -0.25) is 4.79 Å². The summed E-state index contributed by atoms with van der Waals surface area (Å²) in [5.74, 6) is 0.527. The Morgan fingerprint density at radius 3 is 2.82 bits per heavy atom. The quantitative estimate of drug-likeness (QED) is 0.860. The van der Waals surface area contributed by atoms with Crippen molar-refractivity contribution in [3.63, 3.8) is 0 Å². The molecule has 17 heavy (non-hydrogen) atoms. The van der Waals surface area contributed by atoms with Crippen LogP contribution in [0.25, 0.3) is 0 Å². The summed E-state index contributed by atoms with van der Waals surface area (Å²) >= 11 is 0. The SMILES string of the molecule is N#Cc1ccc(C(=O)NCC2CCCC2)cn1. The van der Waals surface area contributed by atoms with Crippen molar-refractivity contribution in [1.82, 2.24) is 10.3 Å². The van der Waals surface area contributed by atoms with Gasteiger partial charge in [-0.15, -0.1) is 0 Å². The van der Waals surface area contributed by atoms with Gasteiger partial charge in [-0.05, 0) is 30.9 Å². The van der Waals surface area contributed by atoms with Gasteiger partial charge in [-0.25, -0.2) is 4.98 Å². The van der Waals surface area contributed by atoms with E-state index in [4.69, 9.17) is 5.26 Å². The van der Waals surface area contributed by atoms with Crippen LogP contribution in [-0.4, -0.2) is 17.4 Å². The molecule has 0 aliphatic heterocycles. The smallest absolute Gasteiger partial charge is 0.252 e. The van der Waals surface area contributed by atoms with Gasteiger partial charge in [0.2, 0.25) is 0 Å². The first-order valence-corrected chi connectivity index (χ1v) is 5.94. The summed E-state index contributed by atoms with van der Waals surface area (Å²) in [6.45, 7) is 0.749. The standard InChI is InChI=1S/C13H15N3O/c14-7-12-6-5-11(9-15-12)13(17)16-8-10-3-1-2-4-10/h5-6,9-10H,1-4,8H2,(H,16,17). The molecule has 4 heteroatoms. The number of nitriles is 1. The molecule has 1 aliphatic carbocycles. The van der Waals surface area contributed by atoms with Crippen LogP contribution in [0.4, 0.5) is 0 Å². The zero-order chi connectivity index (χ0) is 12.1. The second-order valence-corrected chi connectivity index (χ2v) is 4.40. The molecule has 0 saturated heterocycles. The summed E-state index contributed by atoms with van der Waals surface area (Å²) in [5, 5.41) is 11.5. The number of pyridine rings is 1. The molecule has 1 aromatic heterocycles. The Balaban J connectivity index is 1.88. The molecule has 0 atom stereocenters. The Labute approximate surface area is 101 Å². The summed E-state index contributed by atoms with van der Waals surface area (Å²) in [4.78, 5) is 15.6. The van der Waals surface area contributed by atoms with Crippen molar-refractivity contribution in [2.75, 3.05) is 6.54 Å². The molecule has 0 radical (unpaired) electrons. The molecule has 1 aromatic rings. The van der Waals surface area contributed by atoms with Crippen molar-refractivity contribution in [1.29, 1.82) is 5.26 Å². The van der Waals surface area contributed by atoms with E-state index in [1.807, 2.05) is 6.07 Å². The maximum absolute atomic E-state index is 11.8. The van der Waals surface area contributed by atoms with Gasteiger partial charge in [0.15, 0.2) is 0 Å². The molecule has 1 heterocycles. The highest BCUT2D eigenvalue weighted by Crippen LogP contribution is 2.23. The lowest BCUT2D eigenvalue weighted by Crippen LogP contribution is -2.28. The molecule has 1 saturated carbocycles. The van der Waals surface area contributed by atoms with Crippen LogP contribution in [0, 0.1) is 17.2 Å². The number of rotatable bonds is 3. The van der Waals surface area contributed by atoms with Crippen molar-refractivity contribution in [2.45, 2.75) is 25.7 Å². The fourth-order valence-electron chi connectivity index (χ4n) is 2.15. The molecule has 1 fully saturated rings. The first-order valence-electron chi connectivity index (χ1n) is 5.94. The maximum Gasteiger partial charge on any atom is 0.252 e. The third-order valence-corrected chi connectivity index (χ3v) is 3.17. The van der Waals surface area contributed by atoms with Gasteiger partial charge in [0.05, 0.1) is 5.56 Å². The Hall–Kier alpha value is -1.89. The molecule has 88 valence electrons. The summed E-state index contributed by atoms with van der Waals surface area (Å²) < 4.78 is 0. The van der Waals surface area contributed by atoms with Gasteiger partial charge >= 0.3 is 0 Å². The van der Waals surface area contributed by atoms with Crippen molar-refractivity contribution in [3.8, 4) is 6.07 Å². The second kappa shape index (κ2) is 5.44. The highest BCUT2D eigenvalue weighted by atomic mass is 16.1. The second-order valence-electron chi connectivity index (χ2n) is 4.40. The average molecular weight is 229 g/mol. The minimum atomic E-state index is -0.103. The molecular weight excluding hydrogens is 214 g/mol. The molecule has 0 spiro atoms. The van der Waals surface area contributed by atoms with E-state index in [2.05, 4.69) is 10.3 Å². The molecule has 1 N–H and O–H groups in total. The molecule has 0 unspecified atom stereocenters. The lowest BCUT2D eigenvalue weighted by molar-refractivity contribution is 0.0947. The highest BCUT2D eigenvalue weighted by molar-refractivity contribution is 5.93. The van der Waals surface area contributed by atoms with Crippen LogP contribution in [0.15, 0.2) is 18.3 Å². The summed E-state index contributed by atoms with van der Waals surface area (Å²) in [6.07, 6.45) is 6.43. The maximum atomic E-state index is 11.8. The number of hydrogen-bond donors (Lipinski definition) is 1. The summed E-state index contributed by atoms with van der Waals surface area (Å²) in [5.41, 5.74) is 0.847. The van der Waals surface area contributed by atoms with Gasteiger partial charge in [0, 0.05) is 12.7 Å². The Morgan fingerprint density at radius 2 is 2.24 bits per heavy atom. The van der Waals surface area contributed by atoms with Crippen LogP contribution in [0.3, 0.4) is 0 Å². The van der Waals surface area contributed by atoms with Crippen LogP contribution < -0.4 is 5.32 Å². The number of hydrogen-bond acceptors (Lipinski definition) is 3. The molecule has 1 aliphatic rings.